The van der Waals surface area contributed by atoms with Gasteiger partial charge in [-0.15, -0.1) is 10.2 Å². The SMILES string of the molecule is CCOC(=O)c1ccc(NC(=O)CSc2nnc(Nc3ccccc3)s2)cc1. The molecular weight excluding hydrogens is 396 g/mol. The summed E-state index contributed by atoms with van der Waals surface area (Å²) in [5, 5.41) is 14.8. The summed E-state index contributed by atoms with van der Waals surface area (Å²) in [6.07, 6.45) is 0. The van der Waals surface area contributed by atoms with E-state index in [-0.39, 0.29) is 17.6 Å². The number of ether oxygens (including phenoxy) is 1. The number of aromatic nitrogens is 2. The second-order valence-electron chi connectivity index (χ2n) is 5.50. The molecule has 0 aliphatic rings. The second-order valence-corrected chi connectivity index (χ2v) is 7.70. The van der Waals surface area contributed by atoms with Gasteiger partial charge in [-0.05, 0) is 43.3 Å². The van der Waals surface area contributed by atoms with Gasteiger partial charge in [0.15, 0.2) is 4.34 Å². The van der Waals surface area contributed by atoms with Gasteiger partial charge in [0.2, 0.25) is 11.0 Å². The van der Waals surface area contributed by atoms with E-state index in [9.17, 15) is 9.59 Å². The molecule has 0 unspecified atom stereocenters. The van der Waals surface area contributed by atoms with Gasteiger partial charge in [-0.1, -0.05) is 41.3 Å². The van der Waals surface area contributed by atoms with Gasteiger partial charge >= 0.3 is 5.97 Å². The summed E-state index contributed by atoms with van der Waals surface area (Å²) in [4.78, 5) is 23.7. The Morgan fingerprint density at radius 3 is 2.50 bits per heavy atom. The molecule has 28 heavy (non-hydrogen) atoms. The Morgan fingerprint density at radius 2 is 1.79 bits per heavy atom. The number of nitrogens with one attached hydrogen (secondary N) is 2. The van der Waals surface area contributed by atoms with Crippen LogP contribution in [0.4, 0.5) is 16.5 Å². The van der Waals surface area contributed by atoms with E-state index >= 15 is 0 Å². The highest BCUT2D eigenvalue weighted by atomic mass is 32.2. The first-order chi connectivity index (χ1) is 13.6. The van der Waals surface area contributed by atoms with Crippen molar-refractivity contribution in [1.82, 2.24) is 10.2 Å². The number of hydrogen-bond acceptors (Lipinski definition) is 8. The van der Waals surface area contributed by atoms with Crippen LogP contribution in [0.1, 0.15) is 17.3 Å². The molecule has 2 aromatic carbocycles. The van der Waals surface area contributed by atoms with Crippen molar-refractivity contribution in [1.29, 1.82) is 0 Å². The maximum atomic E-state index is 12.1. The number of nitrogens with zero attached hydrogens (tertiary/aromatic N) is 2. The Labute approximate surface area is 170 Å². The van der Waals surface area contributed by atoms with Crippen molar-refractivity contribution in [2.75, 3.05) is 23.0 Å². The van der Waals surface area contributed by atoms with Crippen LogP contribution >= 0.6 is 23.1 Å². The van der Waals surface area contributed by atoms with Crippen LogP contribution in [0.5, 0.6) is 0 Å². The summed E-state index contributed by atoms with van der Waals surface area (Å²) in [6, 6.07) is 16.3. The van der Waals surface area contributed by atoms with E-state index < -0.39 is 0 Å². The largest absolute Gasteiger partial charge is 0.462 e. The van der Waals surface area contributed by atoms with Crippen LogP contribution in [0.25, 0.3) is 0 Å². The molecule has 0 atom stereocenters. The maximum Gasteiger partial charge on any atom is 0.338 e. The lowest BCUT2D eigenvalue weighted by atomic mass is 10.2. The van der Waals surface area contributed by atoms with Crippen molar-refractivity contribution < 1.29 is 14.3 Å². The number of anilines is 3. The van der Waals surface area contributed by atoms with Crippen LogP contribution in [-0.2, 0) is 9.53 Å². The van der Waals surface area contributed by atoms with Crippen molar-refractivity contribution >= 4 is 51.5 Å². The number of carbonyl (C=O) groups excluding carboxylic acids is 2. The number of thioether (sulfide) groups is 1. The number of benzene rings is 2. The molecular formula is C19H18N4O3S2. The monoisotopic (exact) mass is 414 g/mol. The fraction of sp³-hybridized carbons (Fsp3) is 0.158. The molecule has 0 fully saturated rings. The van der Waals surface area contributed by atoms with E-state index in [1.165, 1.54) is 23.1 Å². The van der Waals surface area contributed by atoms with E-state index in [4.69, 9.17) is 4.74 Å². The lowest BCUT2D eigenvalue weighted by Gasteiger charge is -2.06. The van der Waals surface area contributed by atoms with Crippen LogP contribution in [0, 0.1) is 0 Å². The minimum atomic E-state index is -0.382. The zero-order valence-corrected chi connectivity index (χ0v) is 16.7. The van der Waals surface area contributed by atoms with Crippen molar-refractivity contribution in [3.63, 3.8) is 0 Å². The molecule has 3 rings (SSSR count). The highest BCUT2D eigenvalue weighted by Crippen LogP contribution is 2.27. The van der Waals surface area contributed by atoms with E-state index in [0.717, 1.165) is 5.69 Å². The van der Waals surface area contributed by atoms with Crippen molar-refractivity contribution in [3.05, 3.63) is 60.2 Å². The third kappa shape index (κ3) is 5.80. The molecule has 1 heterocycles. The number of amides is 1. The predicted molar refractivity (Wildman–Crippen MR) is 111 cm³/mol. The van der Waals surface area contributed by atoms with Crippen LogP contribution < -0.4 is 10.6 Å². The van der Waals surface area contributed by atoms with Crippen LogP contribution in [0.2, 0.25) is 0 Å². The number of esters is 1. The minimum Gasteiger partial charge on any atom is -0.462 e. The zero-order valence-electron chi connectivity index (χ0n) is 15.0. The van der Waals surface area contributed by atoms with E-state index in [0.29, 0.717) is 27.3 Å². The molecule has 9 heteroatoms. The van der Waals surface area contributed by atoms with Gasteiger partial charge in [0.25, 0.3) is 0 Å². The number of carbonyl (C=O) groups is 2. The highest BCUT2D eigenvalue weighted by molar-refractivity contribution is 8.01. The maximum absolute atomic E-state index is 12.1. The van der Waals surface area contributed by atoms with Gasteiger partial charge in [0, 0.05) is 11.4 Å². The Morgan fingerprint density at radius 1 is 1.04 bits per heavy atom. The number of para-hydroxylation sites is 1. The fourth-order valence-corrected chi connectivity index (χ4v) is 3.76. The quantitative estimate of drug-likeness (QED) is 0.422. The Bertz CT molecular complexity index is 930. The number of rotatable bonds is 8. The summed E-state index contributed by atoms with van der Waals surface area (Å²) < 4.78 is 5.63. The molecule has 0 radical (unpaired) electrons. The van der Waals surface area contributed by atoms with Crippen molar-refractivity contribution in [3.8, 4) is 0 Å². The average Bonchev–Trinajstić information content (AvgIpc) is 3.15. The molecule has 2 N–H and O–H groups in total. The van der Waals surface area contributed by atoms with Gasteiger partial charge in [-0.2, -0.15) is 0 Å². The van der Waals surface area contributed by atoms with Gasteiger partial charge in [-0.3, -0.25) is 4.79 Å². The van der Waals surface area contributed by atoms with Gasteiger partial charge < -0.3 is 15.4 Å². The van der Waals surface area contributed by atoms with Crippen molar-refractivity contribution in [2.45, 2.75) is 11.3 Å². The Kier molecular flexibility index (Phi) is 6.99. The van der Waals surface area contributed by atoms with Gasteiger partial charge in [0.05, 0.1) is 17.9 Å². The molecule has 3 aromatic rings. The molecule has 0 aliphatic heterocycles. The van der Waals surface area contributed by atoms with E-state index in [1.54, 1.807) is 31.2 Å². The van der Waals surface area contributed by atoms with Crippen LogP contribution in [0.3, 0.4) is 0 Å². The summed E-state index contributed by atoms with van der Waals surface area (Å²) >= 11 is 2.70. The molecule has 0 spiro atoms. The standard InChI is InChI=1S/C19H18N4O3S2/c1-2-26-17(25)13-8-10-15(11-9-13)20-16(24)12-27-19-23-22-18(28-19)21-14-6-4-3-5-7-14/h3-11H,2,12H2,1H3,(H,20,24)(H,21,22). The topological polar surface area (TPSA) is 93.2 Å². The summed E-state index contributed by atoms with van der Waals surface area (Å²) in [5.41, 5.74) is 1.99. The molecule has 144 valence electrons. The first-order valence-corrected chi connectivity index (χ1v) is 10.3. The smallest absolute Gasteiger partial charge is 0.338 e. The first-order valence-electron chi connectivity index (χ1n) is 8.49. The Balaban J connectivity index is 1.47. The lowest BCUT2D eigenvalue weighted by molar-refractivity contribution is -0.113. The third-order valence-corrected chi connectivity index (χ3v) is 5.41. The lowest BCUT2D eigenvalue weighted by Crippen LogP contribution is -2.14. The zero-order chi connectivity index (χ0) is 19.8. The summed E-state index contributed by atoms with van der Waals surface area (Å²) in [5.74, 6) is -0.339. The normalized spacial score (nSPS) is 10.3. The molecule has 0 bridgehead atoms. The van der Waals surface area contributed by atoms with Crippen LogP contribution in [0.15, 0.2) is 58.9 Å². The second kappa shape index (κ2) is 9.86. The molecule has 0 aliphatic carbocycles. The third-order valence-electron chi connectivity index (χ3n) is 3.44. The van der Waals surface area contributed by atoms with Gasteiger partial charge in [-0.25, -0.2) is 4.79 Å². The Hall–Kier alpha value is -2.91. The fourth-order valence-electron chi connectivity index (χ4n) is 2.19. The van der Waals surface area contributed by atoms with Crippen LogP contribution in [-0.4, -0.2) is 34.4 Å². The highest BCUT2D eigenvalue weighted by Gasteiger charge is 2.10. The number of hydrogen-bond donors (Lipinski definition) is 2. The molecule has 7 nitrogen and oxygen atoms in total. The molecule has 0 saturated carbocycles. The summed E-state index contributed by atoms with van der Waals surface area (Å²) in [7, 11) is 0. The minimum absolute atomic E-state index is 0.165. The predicted octanol–water partition coefficient (Wildman–Crippen LogP) is 4.19. The molecule has 1 aromatic heterocycles. The van der Waals surface area contributed by atoms with E-state index in [2.05, 4.69) is 20.8 Å². The first kappa shape index (κ1) is 19.8. The summed E-state index contributed by atoms with van der Waals surface area (Å²) in [6.45, 7) is 2.07. The average molecular weight is 415 g/mol. The van der Waals surface area contributed by atoms with E-state index in [1.807, 2.05) is 30.3 Å². The van der Waals surface area contributed by atoms with Gasteiger partial charge in [0.1, 0.15) is 0 Å². The van der Waals surface area contributed by atoms with Crippen molar-refractivity contribution in [2.24, 2.45) is 0 Å². The molecule has 0 saturated heterocycles. The molecule has 1 amide bonds.